The van der Waals surface area contributed by atoms with E-state index in [-0.39, 0.29) is 0 Å². The van der Waals surface area contributed by atoms with E-state index in [1.165, 1.54) is 23.8 Å². The maximum absolute atomic E-state index is 4.68. The SMILES string of the molecule is CCNCc1nc(CN2CC(C)C(C)C2)cs1. The summed E-state index contributed by atoms with van der Waals surface area (Å²) < 4.78 is 0. The number of thiazole rings is 1. The van der Waals surface area contributed by atoms with E-state index >= 15 is 0 Å². The van der Waals surface area contributed by atoms with E-state index in [0.29, 0.717) is 0 Å². The Labute approximate surface area is 108 Å². The highest BCUT2D eigenvalue weighted by atomic mass is 32.1. The highest BCUT2D eigenvalue weighted by Crippen LogP contribution is 2.24. The Morgan fingerprint density at radius 1 is 1.41 bits per heavy atom. The van der Waals surface area contributed by atoms with Crippen LogP contribution in [0.3, 0.4) is 0 Å². The van der Waals surface area contributed by atoms with Crippen LogP contribution in [0, 0.1) is 11.8 Å². The molecule has 0 amide bonds. The molecule has 0 aromatic carbocycles. The summed E-state index contributed by atoms with van der Waals surface area (Å²) in [6, 6.07) is 0. The average Bonchev–Trinajstić information content (AvgIpc) is 2.85. The monoisotopic (exact) mass is 253 g/mol. The van der Waals surface area contributed by atoms with Gasteiger partial charge in [-0.15, -0.1) is 11.3 Å². The molecule has 1 fully saturated rings. The Kier molecular flexibility index (Phi) is 4.54. The van der Waals surface area contributed by atoms with E-state index in [1.807, 2.05) is 0 Å². The lowest BCUT2D eigenvalue weighted by molar-refractivity contribution is 0.312. The standard InChI is InChI=1S/C13H23N3S/c1-4-14-5-13-15-12(9-17-13)8-16-6-10(2)11(3)7-16/h9-11,14H,4-8H2,1-3H3. The zero-order valence-corrected chi connectivity index (χ0v) is 11.9. The third kappa shape index (κ3) is 3.50. The van der Waals surface area contributed by atoms with Gasteiger partial charge < -0.3 is 5.32 Å². The molecular weight excluding hydrogens is 230 g/mol. The molecule has 2 unspecified atom stereocenters. The lowest BCUT2D eigenvalue weighted by Crippen LogP contribution is -2.20. The molecule has 1 aliphatic rings. The summed E-state index contributed by atoms with van der Waals surface area (Å²) in [6.45, 7) is 12.2. The van der Waals surface area contributed by atoms with Crippen molar-refractivity contribution in [2.45, 2.75) is 33.9 Å². The molecule has 0 aliphatic carbocycles. The van der Waals surface area contributed by atoms with Crippen molar-refractivity contribution in [3.8, 4) is 0 Å². The molecule has 2 heterocycles. The Balaban J connectivity index is 1.85. The smallest absolute Gasteiger partial charge is 0.107 e. The van der Waals surface area contributed by atoms with Gasteiger partial charge in [0.1, 0.15) is 5.01 Å². The highest BCUT2D eigenvalue weighted by Gasteiger charge is 2.26. The molecule has 96 valence electrons. The quantitative estimate of drug-likeness (QED) is 0.873. The molecule has 1 saturated heterocycles. The van der Waals surface area contributed by atoms with Gasteiger partial charge in [-0.25, -0.2) is 4.98 Å². The predicted molar refractivity (Wildman–Crippen MR) is 73.1 cm³/mol. The number of nitrogens with zero attached hydrogens (tertiary/aromatic N) is 2. The average molecular weight is 253 g/mol. The van der Waals surface area contributed by atoms with Crippen LogP contribution in [-0.4, -0.2) is 29.5 Å². The first-order valence-electron chi connectivity index (χ1n) is 6.55. The van der Waals surface area contributed by atoms with E-state index in [4.69, 9.17) is 0 Å². The molecule has 0 radical (unpaired) electrons. The minimum absolute atomic E-state index is 0.829. The van der Waals surface area contributed by atoms with Crippen molar-refractivity contribution in [1.29, 1.82) is 0 Å². The zero-order valence-electron chi connectivity index (χ0n) is 11.1. The Bertz CT molecular complexity index is 340. The molecule has 0 saturated carbocycles. The number of likely N-dealkylation sites (tertiary alicyclic amines) is 1. The van der Waals surface area contributed by atoms with Gasteiger partial charge in [0.2, 0.25) is 0 Å². The van der Waals surface area contributed by atoms with Crippen LogP contribution < -0.4 is 5.32 Å². The molecule has 1 N–H and O–H groups in total. The molecule has 17 heavy (non-hydrogen) atoms. The van der Waals surface area contributed by atoms with Gasteiger partial charge in [0, 0.05) is 31.6 Å². The molecule has 4 heteroatoms. The number of rotatable bonds is 5. The summed E-state index contributed by atoms with van der Waals surface area (Å²) in [6.07, 6.45) is 0. The highest BCUT2D eigenvalue weighted by molar-refractivity contribution is 7.09. The fourth-order valence-corrected chi connectivity index (χ4v) is 3.10. The molecule has 1 aromatic heterocycles. The number of nitrogens with one attached hydrogen (secondary N) is 1. The third-order valence-electron chi connectivity index (χ3n) is 3.57. The van der Waals surface area contributed by atoms with Gasteiger partial charge in [-0.1, -0.05) is 20.8 Å². The van der Waals surface area contributed by atoms with E-state index in [1.54, 1.807) is 11.3 Å². The number of hydrogen-bond acceptors (Lipinski definition) is 4. The Morgan fingerprint density at radius 2 is 2.12 bits per heavy atom. The fourth-order valence-electron chi connectivity index (χ4n) is 2.34. The Hall–Kier alpha value is -0.450. The maximum Gasteiger partial charge on any atom is 0.107 e. The van der Waals surface area contributed by atoms with Crippen molar-refractivity contribution in [2.75, 3.05) is 19.6 Å². The van der Waals surface area contributed by atoms with Crippen molar-refractivity contribution in [2.24, 2.45) is 11.8 Å². The first-order chi connectivity index (χ1) is 8.19. The van der Waals surface area contributed by atoms with Crippen LogP contribution in [0.1, 0.15) is 31.5 Å². The molecule has 3 nitrogen and oxygen atoms in total. The van der Waals surface area contributed by atoms with E-state index in [9.17, 15) is 0 Å². The number of hydrogen-bond donors (Lipinski definition) is 1. The van der Waals surface area contributed by atoms with E-state index in [0.717, 1.165) is 31.5 Å². The summed E-state index contributed by atoms with van der Waals surface area (Å²) in [5, 5.41) is 6.74. The van der Waals surface area contributed by atoms with Crippen molar-refractivity contribution >= 4 is 11.3 Å². The lowest BCUT2D eigenvalue weighted by atomic mass is 10.0. The van der Waals surface area contributed by atoms with Crippen LogP contribution in [0.2, 0.25) is 0 Å². The number of aromatic nitrogens is 1. The minimum atomic E-state index is 0.829. The summed E-state index contributed by atoms with van der Waals surface area (Å²) >= 11 is 1.77. The van der Waals surface area contributed by atoms with E-state index in [2.05, 4.69) is 41.4 Å². The second kappa shape index (κ2) is 5.94. The van der Waals surface area contributed by atoms with Crippen LogP contribution in [0.15, 0.2) is 5.38 Å². The minimum Gasteiger partial charge on any atom is -0.311 e. The van der Waals surface area contributed by atoms with Crippen LogP contribution in [0.25, 0.3) is 0 Å². The van der Waals surface area contributed by atoms with Gasteiger partial charge in [-0.05, 0) is 18.4 Å². The van der Waals surface area contributed by atoms with Gasteiger partial charge in [0.15, 0.2) is 0 Å². The zero-order chi connectivity index (χ0) is 12.3. The Morgan fingerprint density at radius 3 is 2.76 bits per heavy atom. The van der Waals surface area contributed by atoms with Crippen LogP contribution >= 0.6 is 11.3 Å². The molecular formula is C13H23N3S. The van der Waals surface area contributed by atoms with Crippen LogP contribution in [-0.2, 0) is 13.1 Å². The van der Waals surface area contributed by atoms with Gasteiger partial charge in [-0.3, -0.25) is 4.90 Å². The summed E-state index contributed by atoms with van der Waals surface area (Å²) in [5.74, 6) is 1.66. The fraction of sp³-hybridized carbons (Fsp3) is 0.769. The van der Waals surface area contributed by atoms with Crippen LogP contribution in [0.4, 0.5) is 0 Å². The van der Waals surface area contributed by atoms with Crippen molar-refractivity contribution < 1.29 is 0 Å². The molecule has 1 aromatic rings. The lowest BCUT2D eigenvalue weighted by Gasteiger charge is -2.13. The van der Waals surface area contributed by atoms with Crippen LogP contribution in [0.5, 0.6) is 0 Å². The van der Waals surface area contributed by atoms with Crippen molar-refractivity contribution in [1.82, 2.24) is 15.2 Å². The largest absolute Gasteiger partial charge is 0.311 e. The molecule has 0 bridgehead atoms. The maximum atomic E-state index is 4.68. The van der Waals surface area contributed by atoms with Crippen molar-refractivity contribution in [3.05, 3.63) is 16.1 Å². The molecule has 1 aliphatic heterocycles. The molecule has 2 atom stereocenters. The second-order valence-electron chi connectivity index (χ2n) is 5.16. The molecule has 0 spiro atoms. The first kappa shape index (κ1) is 13.0. The van der Waals surface area contributed by atoms with Gasteiger partial charge >= 0.3 is 0 Å². The molecule has 2 rings (SSSR count). The summed E-state index contributed by atoms with van der Waals surface area (Å²) in [5.41, 5.74) is 1.24. The predicted octanol–water partition coefficient (Wildman–Crippen LogP) is 2.34. The topological polar surface area (TPSA) is 28.2 Å². The first-order valence-corrected chi connectivity index (χ1v) is 7.43. The second-order valence-corrected chi connectivity index (χ2v) is 6.10. The summed E-state index contributed by atoms with van der Waals surface area (Å²) in [7, 11) is 0. The van der Waals surface area contributed by atoms with Gasteiger partial charge in [0.05, 0.1) is 5.69 Å². The third-order valence-corrected chi connectivity index (χ3v) is 4.47. The normalized spacial score (nSPS) is 25.6. The van der Waals surface area contributed by atoms with Gasteiger partial charge in [-0.2, -0.15) is 0 Å². The van der Waals surface area contributed by atoms with Gasteiger partial charge in [0.25, 0.3) is 0 Å². The van der Waals surface area contributed by atoms with Crippen molar-refractivity contribution in [3.63, 3.8) is 0 Å². The van der Waals surface area contributed by atoms with E-state index < -0.39 is 0 Å². The summed E-state index contributed by atoms with van der Waals surface area (Å²) in [4.78, 5) is 7.20.